The van der Waals surface area contributed by atoms with Crippen molar-refractivity contribution < 1.29 is 9.53 Å². The van der Waals surface area contributed by atoms with Crippen LogP contribution < -0.4 is 15.0 Å². The zero-order valence-corrected chi connectivity index (χ0v) is 18.6. The lowest BCUT2D eigenvalue weighted by Gasteiger charge is -2.30. The van der Waals surface area contributed by atoms with Gasteiger partial charge in [0.2, 0.25) is 0 Å². The number of nitrogens with zero attached hydrogens (tertiary/aromatic N) is 2. The van der Waals surface area contributed by atoms with Crippen LogP contribution in [0, 0.1) is 6.92 Å². The van der Waals surface area contributed by atoms with Gasteiger partial charge in [0, 0.05) is 17.9 Å². The molecule has 0 radical (unpaired) electrons. The molecule has 0 aromatic heterocycles. The molecule has 2 amide bonds. The van der Waals surface area contributed by atoms with Crippen molar-refractivity contribution in [1.29, 1.82) is 0 Å². The summed E-state index contributed by atoms with van der Waals surface area (Å²) in [7, 11) is 0. The van der Waals surface area contributed by atoms with Gasteiger partial charge in [-0.3, -0.25) is 4.90 Å². The number of carbonyl (C=O) groups is 1. The number of rotatable bonds is 9. The molecular formula is C25H35N3O2. The van der Waals surface area contributed by atoms with Gasteiger partial charge in [-0.05, 0) is 88.1 Å². The first-order valence-corrected chi connectivity index (χ1v) is 11.2. The van der Waals surface area contributed by atoms with Crippen LogP contribution in [0.15, 0.2) is 42.5 Å². The first-order valence-electron chi connectivity index (χ1n) is 11.2. The van der Waals surface area contributed by atoms with Crippen LogP contribution in [-0.4, -0.2) is 43.7 Å². The van der Waals surface area contributed by atoms with Gasteiger partial charge in [0.1, 0.15) is 5.75 Å². The number of ether oxygens (including phenoxy) is 1. The van der Waals surface area contributed by atoms with Gasteiger partial charge >= 0.3 is 6.03 Å². The van der Waals surface area contributed by atoms with Crippen LogP contribution in [0.4, 0.5) is 16.2 Å². The quantitative estimate of drug-likeness (QED) is 0.558. The lowest BCUT2D eigenvalue weighted by atomic mass is 10.0. The zero-order chi connectivity index (χ0) is 21.3. The summed E-state index contributed by atoms with van der Waals surface area (Å²) in [4.78, 5) is 17.1. The lowest BCUT2D eigenvalue weighted by molar-refractivity contribution is 0.256. The van der Waals surface area contributed by atoms with E-state index in [-0.39, 0.29) is 6.03 Å². The van der Waals surface area contributed by atoms with E-state index < -0.39 is 0 Å². The molecule has 0 spiro atoms. The fraction of sp³-hybridized carbons (Fsp3) is 0.480. The van der Waals surface area contributed by atoms with Gasteiger partial charge in [-0.15, -0.1) is 0 Å². The predicted molar refractivity (Wildman–Crippen MR) is 125 cm³/mol. The molecule has 1 N–H and O–H groups in total. The second-order valence-corrected chi connectivity index (χ2v) is 7.92. The molecule has 1 aliphatic heterocycles. The SMILES string of the molecule is CCN(CC)CCCCOc1ccc2c(c1)CCCN2C(=O)Nc1ccc(C)cc1. The van der Waals surface area contributed by atoms with Crippen LogP contribution >= 0.6 is 0 Å². The van der Waals surface area contributed by atoms with Crippen molar-refractivity contribution in [1.82, 2.24) is 4.90 Å². The standard InChI is InChI=1S/C25H35N3O2/c1-4-27(5-2)16-6-7-18-30-23-14-15-24-21(19-23)9-8-17-28(24)25(29)26-22-12-10-20(3)11-13-22/h10-15,19H,4-9,16-18H2,1-3H3,(H,26,29). The molecule has 5 heteroatoms. The molecule has 0 fully saturated rings. The van der Waals surface area contributed by atoms with Crippen LogP contribution in [0.2, 0.25) is 0 Å². The maximum Gasteiger partial charge on any atom is 0.326 e. The molecule has 5 nitrogen and oxygen atoms in total. The smallest absolute Gasteiger partial charge is 0.326 e. The molecule has 0 unspecified atom stereocenters. The number of nitrogens with one attached hydrogen (secondary N) is 1. The van der Waals surface area contributed by atoms with Gasteiger partial charge in [0.25, 0.3) is 0 Å². The fourth-order valence-corrected chi connectivity index (χ4v) is 3.87. The Morgan fingerprint density at radius 1 is 1.10 bits per heavy atom. The Morgan fingerprint density at radius 2 is 1.87 bits per heavy atom. The van der Waals surface area contributed by atoms with E-state index in [1.807, 2.05) is 48.2 Å². The van der Waals surface area contributed by atoms with Gasteiger partial charge in [-0.1, -0.05) is 31.5 Å². The Morgan fingerprint density at radius 3 is 2.60 bits per heavy atom. The number of aryl methyl sites for hydroxylation is 2. The van der Waals surface area contributed by atoms with Crippen LogP contribution in [0.25, 0.3) is 0 Å². The molecule has 2 aromatic rings. The third kappa shape index (κ3) is 5.99. The molecule has 1 heterocycles. The number of hydrogen-bond donors (Lipinski definition) is 1. The van der Waals surface area contributed by atoms with Crippen molar-refractivity contribution in [2.24, 2.45) is 0 Å². The summed E-state index contributed by atoms with van der Waals surface area (Å²) >= 11 is 0. The van der Waals surface area contributed by atoms with E-state index in [9.17, 15) is 4.79 Å². The van der Waals surface area contributed by atoms with Gasteiger partial charge in [-0.2, -0.15) is 0 Å². The molecule has 1 aliphatic rings. The highest BCUT2D eigenvalue weighted by molar-refractivity contribution is 6.02. The third-order valence-electron chi connectivity index (χ3n) is 5.75. The summed E-state index contributed by atoms with van der Waals surface area (Å²) in [5, 5.41) is 3.01. The van der Waals surface area contributed by atoms with Gasteiger partial charge in [0.05, 0.1) is 6.61 Å². The van der Waals surface area contributed by atoms with Gasteiger partial charge in [-0.25, -0.2) is 4.79 Å². The van der Waals surface area contributed by atoms with Crippen molar-refractivity contribution in [2.45, 2.75) is 46.5 Å². The number of urea groups is 1. The number of unbranched alkanes of at least 4 members (excludes halogenated alkanes) is 1. The van der Waals surface area contributed by atoms with E-state index in [0.717, 1.165) is 75.6 Å². The lowest BCUT2D eigenvalue weighted by Crippen LogP contribution is -2.38. The van der Waals surface area contributed by atoms with Crippen LogP contribution in [0.5, 0.6) is 5.75 Å². The van der Waals surface area contributed by atoms with Crippen molar-refractivity contribution in [3.8, 4) is 5.75 Å². The van der Waals surface area contributed by atoms with E-state index in [2.05, 4.69) is 30.1 Å². The number of hydrogen-bond acceptors (Lipinski definition) is 3. The van der Waals surface area contributed by atoms with Gasteiger partial charge in [0.15, 0.2) is 0 Å². The summed E-state index contributed by atoms with van der Waals surface area (Å²) in [5.74, 6) is 0.900. The second kappa shape index (κ2) is 11.0. The molecule has 0 atom stereocenters. The average Bonchev–Trinajstić information content (AvgIpc) is 2.77. The normalized spacial score (nSPS) is 13.3. The van der Waals surface area contributed by atoms with Crippen molar-refractivity contribution in [3.63, 3.8) is 0 Å². The topological polar surface area (TPSA) is 44.8 Å². The average molecular weight is 410 g/mol. The molecule has 3 rings (SSSR count). The number of fused-ring (bicyclic) bond motifs is 1. The first-order chi connectivity index (χ1) is 14.6. The Labute approximate surface area is 181 Å². The summed E-state index contributed by atoms with van der Waals surface area (Å²) < 4.78 is 5.99. The van der Waals surface area contributed by atoms with Crippen LogP contribution in [-0.2, 0) is 6.42 Å². The fourth-order valence-electron chi connectivity index (χ4n) is 3.87. The third-order valence-corrected chi connectivity index (χ3v) is 5.75. The first kappa shape index (κ1) is 22.2. The molecule has 162 valence electrons. The number of anilines is 2. The van der Waals surface area contributed by atoms with E-state index in [4.69, 9.17) is 4.74 Å². The molecule has 30 heavy (non-hydrogen) atoms. The Hall–Kier alpha value is -2.53. The molecule has 0 saturated carbocycles. The summed E-state index contributed by atoms with van der Waals surface area (Å²) in [6.45, 7) is 11.3. The Bertz CT molecular complexity index is 816. The second-order valence-electron chi connectivity index (χ2n) is 7.92. The number of amides is 2. The highest BCUT2D eigenvalue weighted by Gasteiger charge is 2.23. The Balaban J connectivity index is 1.55. The van der Waals surface area contributed by atoms with Crippen molar-refractivity contribution in [2.75, 3.05) is 43.0 Å². The molecule has 0 aliphatic carbocycles. The monoisotopic (exact) mass is 409 g/mol. The summed E-state index contributed by atoms with van der Waals surface area (Å²) in [5.41, 5.74) is 4.17. The Kier molecular flexibility index (Phi) is 8.14. The van der Waals surface area contributed by atoms with E-state index >= 15 is 0 Å². The minimum absolute atomic E-state index is 0.0788. The minimum Gasteiger partial charge on any atom is -0.494 e. The summed E-state index contributed by atoms with van der Waals surface area (Å²) in [6, 6.07) is 13.9. The summed E-state index contributed by atoms with van der Waals surface area (Å²) in [6.07, 6.45) is 4.14. The van der Waals surface area contributed by atoms with Crippen LogP contribution in [0.1, 0.15) is 44.2 Å². The van der Waals surface area contributed by atoms with Crippen molar-refractivity contribution >= 4 is 17.4 Å². The predicted octanol–water partition coefficient (Wildman–Crippen LogP) is 5.48. The molecular weight excluding hydrogens is 374 g/mol. The highest BCUT2D eigenvalue weighted by atomic mass is 16.5. The van der Waals surface area contributed by atoms with E-state index in [0.29, 0.717) is 0 Å². The number of benzene rings is 2. The zero-order valence-electron chi connectivity index (χ0n) is 18.6. The highest BCUT2D eigenvalue weighted by Crippen LogP contribution is 2.31. The van der Waals surface area contributed by atoms with E-state index in [1.165, 1.54) is 11.1 Å². The van der Waals surface area contributed by atoms with E-state index in [1.54, 1.807) is 0 Å². The largest absolute Gasteiger partial charge is 0.494 e. The maximum absolute atomic E-state index is 12.8. The van der Waals surface area contributed by atoms with Gasteiger partial charge < -0.3 is 15.0 Å². The number of carbonyl (C=O) groups excluding carboxylic acids is 1. The molecule has 0 saturated heterocycles. The minimum atomic E-state index is -0.0788. The van der Waals surface area contributed by atoms with Crippen molar-refractivity contribution in [3.05, 3.63) is 53.6 Å². The maximum atomic E-state index is 12.8. The molecule has 2 aromatic carbocycles. The van der Waals surface area contributed by atoms with Crippen LogP contribution in [0.3, 0.4) is 0 Å². The molecule has 0 bridgehead atoms.